The second-order valence-corrected chi connectivity index (χ2v) is 4.08. The lowest BCUT2D eigenvalue weighted by Crippen LogP contribution is -2.08. The van der Waals surface area contributed by atoms with Crippen molar-refractivity contribution in [2.75, 3.05) is 0 Å². The van der Waals surface area contributed by atoms with Crippen molar-refractivity contribution in [2.24, 2.45) is 0 Å². The van der Waals surface area contributed by atoms with Crippen LogP contribution in [0.25, 0.3) is 0 Å². The van der Waals surface area contributed by atoms with Crippen LogP contribution in [0.5, 0.6) is 0 Å². The van der Waals surface area contributed by atoms with Gasteiger partial charge in [-0.25, -0.2) is 0 Å². The molecule has 3 heteroatoms. The molecule has 0 amide bonds. The molecule has 1 heterocycles. The van der Waals surface area contributed by atoms with E-state index in [1.807, 2.05) is 10.7 Å². The van der Waals surface area contributed by atoms with E-state index in [1.54, 1.807) is 0 Å². The summed E-state index contributed by atoms with van der Waals surface area (Å²) in [5.41, 5.74) is 1.26. The summed E-state index contributed by atoms with van der Waals surface area (Å²) in [5.74, 6) is 0.515. The molecule has 0 aliphatic heterocycles. The molecule has 0 radical (unpaired) electrons. The van der Waals surface area contributed by atoms with Crippen molar-refractivity contribution < 1.29 is 0 Å². The van der Waals surface area contributed by atoms with Crippen LogP contribution in [0, 0.1) is 0 Å². The van der Waals surface area contributed by atoms with E-state index in [1.165, 1.54) is 5.69 Å². The van der Waals surface area contributed by atoms with Gasteiger partial charge in [-0.1, -0.05) is 13.8 Å². The number of aromatic nitrogens is 2. The van der Waals surface area contributed by atoms with Crippen molar-refractivity contribution in [1.29, 1.82) is 0 Å². The van der Waals surface area contributed by atoms with Gasteiger partial charge in [-0.15, -0.1) is 12.6 Å². The lowest BCUT2D eigenvalue weighted by Gasteiger charge is -2.12. The highest BCUT2D eigenvalue weighted by Crippen LogP contribution is 2.20. The molecular weight excluding hydrogens is 168 g/mol. The SMILES string of the molecule is CC(C)c1cc(S)nn1C(C)C. The predicted octanol–water partition coefficient (Wildman–Crippen LogP) is 2.88. The largest absolute Gasteiger partial charge is 0.266 e. The van der Waals surface area contributed by atoms with Gasteiger partial charge in [-0.2, -0.15) is 5.10 Å². The van der Waals surface area contributed by atoms with Crippen LogP contribution in [-0.2, 0) is 0 Å². The molecule has 0 aliphatic carbocycles. The zero-order valence-corrected chi connectivity index (χ0v) is 8.97. The summed E-state index contributed by atoms with van der Waals surface area (Å²) in [6.45, 7) is 8.60. The maximum atomic E-state index is 4.31. The molecule has 0 aromatic carbocycles. The van der Waals surface area contributed by atoms with Crippen molar-refractivity contribution in [3.8, 4) is 0 Å². The molecule has 2 nitrogen and oxygen atoms in total. The molecule has 0 bridgehead atoms. The molecule has 0 fully saturated rings. The van der Waals surface area contributed by atoms with Crippen LogP contribution in [0.15, 0.2) is 11.1 Å². The number of thiol groups is 1. The Bertz CT molecular complexity index is 238. The van der Waals surface area contributed by atoms with Crippen molar-refractivity contribution in [2.45, 2.75) is 44.7 Å². The summed E-state index contributed by atoms with van der Waals surface area (Å²) in [6, 6.07) is 2.46. The Kier molecular flexibility index (Phi) is 2.83. The smallest absolute Gasteiger partial charge is 0.115 e. The Balaban J connectivity index is 3.08. The Hall–Kier alpha value is -0.440. The van der Waals surface area contributed by atoms with Gasteiger partial charge in [-0.3, -0.25) is 4.68 Å². The van der Waals surface area contributed by atoms with E-state index in [0.29, 0.717) is 12.0 Å². The molecular formula is C9H16N2S. The van der Waals surface area contributed by atoms with E-state index in [2.05, 4.69) is 45.4 Å². The third-order valence-electron chi connectivity index (χ3n) is 1.83. The van der Waals surface area contributed by atoms with E-state index >= 15 is 0 Å². The van der Waals surface area contributed by atoms with Crippen LogP contribution in [0.4, 0.5) is 0 Å². The van der Waals surface area contributed by atoms with E-state index in [0.717, 1.165) is 5.03 Å². The summed E-state index contributed by atoms with van der Waals surface area (Å²) in [5, 5.41) is 5.12. The first-order chi connectivity index (χ1) is 5.52. The zero-order chi connectivity index (χ0) is 9.30. The second kappa shape index (κ2) is 3.52. The number of nitrogens with zero attached hydrogens (tertiary/aromatic N) is 2. The van der Waals surface area contributed by atoms with Crippen molar-refractivity contribution in [3.63, 3.8) is 0 Å². The molecule has 68 valence electrons. The van der Waals surface area contributed by atoms with Crippen LogP contribution in [0.2, 0.25) is 0 Å². The molecule has 0 unspecified atom stereocenters. The standard InChI is InChI=1S/C9H16N2S/c1-6(2)8-5-9(12)10-11(8)7(3)4/h5-7H,1-4H3,(H,10,12). The van der Waals surface area contributed by atoms with Crippen molar-refractivity contribution >= 4 is 12.6 Å². The normalized spacial score (nSPS) is 11.6. The predicted molar refractivity (Wildman–Crippen MR) is 54.0 cm³/mol. The monoisotopic (exact) mass is 184 g/mol. The van der Waals surface area contributed by atoms with Gasteiger partial charge in [0.2, 0.25) is 0 Å². The highest BCUT2D eigenvalue weighted by molar-refractivity contribution is 7.80. The maximum absolute atomic E-state index is 4.31. The van der Waals surface area contributed by atoms with Gasteiger partial charge in [0.1, 0.15) is 5.03 Å². The average molecular weight is 184 g/mol. The molecule has 1 rings (SSSR count). The minimum Gasteiger partial charge on any atom is -0.266 e. The highest BCUT2D eigenvalue weighted by Gasteiger charge is 2.11. The lowest BCUT2D eigenvalue weighted by atomic mass is 10.1. The minimum absolute atomic E-state index is 0.420. The lowest BCUT2D eigenvalue weighted by molar-refractivity contribution is 0.490. The first kappa shape index (κ1) is 9.65. The van der Waals surface area contributed by atoms with E-state index in [9.17, 15) is 0 Å². The molecule has 0 saturated carbocycles. The van der Waals surface area contributed by atoms with Crippen LogP contribution in [-0.4, -0.2) is 9.78 Å². The molecule has 0 atom stereocenters. The van der Waals surface area contributed by atoms with Gasteiger partial charge >= 0.3 is 0 Å². The molecule has 1 aromatic rings. The minimum atomic E-state index is 0.420. The summed E-state index contributed by atoms with van der Waals surface area (Å²) < 4.78 is 2.03. The molecule has 0 spiro atoms. The molecule has 12 heavy (non-hydrogen) atoms. The Morgan fingerprint density at radius 1 is 1.33 bits per heavy atom. The topological polar surface area (TPSA) is 17.8 Å². The van der Waals surface area contributed by atoms with Gasteiger partial charge in [0.25, 0.3) is 0 Å². The van der Waals surface area contributed by atoms with Crippen molar-refractivity contribution in [1.82, 2.24) is 9.78 Å². The van der Waals surface area contributed by atoms with Gasteiger partial charge in [0.15, 0.2) is 0 Å². The quantitative estimate of drug-likeness (QED) is 0.700. The summed E-state index contributed by atoms with van der Waals surface area (Å²) in [6.07, 6.45) is 0. The average Bonchev–Trinajstić information content (AvgIpc) is 2.31. The first-order valence-electron chi connectivity index (χ1n) is 4.30. The Morgan fingerprint density at radius 3 is 2.25 bits per heavy atom. The number of hydrogen-bond acceptors (Lipinski definition) is 2. The van der Waals surface area contributed by atoms with Gasteiger partial charge in [-0.05, 0) is 25.8 Å². The van der Waals surface area contributed by atoms with Crippen LogP contribution >= 0.6 is 12.6 Å². The Morgan fingerprint density at radius 2 is 1.92 bits per heavy atom. The number of rotatable bonds is 2. The van der Waals surface area contributed by atoms with E-state index in [-0.39, 0.29) is 0 Å². The third-order valence-corrected chi connectivity index (χ3v) is 2.05. The zero-order valence-electron chi connectivity index (χ0n) is 8.07. The fourth-order valence-electron chi connectivity index (χ4n) is 1.24. The van der Waals surface area contributed by atoms with Crippen molar-refractivity contribution in [3.05, 3.63) is 11.8 Å². The summed E-state index contributed by atoms with van der Waals surface area (Å²) in [7, 11) is 0. The van der Waals surface area contributed by atoms with Gasteiger partial charge in [0.05, 0.1) is 0 Å². The fourth-order valence-corrected chi connectivity index (χ4v) is 1.47. The molecule has 0 aliphatic rings. The first-order valence-corrected chi connectivity index (χ1v) is 4.75. The Labute approximate surface area is 79.4 Å². The van der Waals surface area contributed by atoms with E-state index in [4.69, 9.17) is 0 Å². The van der Waals surface area contributed by atoms with Crippen LogP contribution in [0.3, 0.4) is 0 Å². The van der Waals surface area contributed by atoms with Gasteiger partial charge < -0.3 is 0 Å². The number of hydrogen-bond donors (Lipinski definition) is 1. The fraction of sp³-hybridized carbons (Fsp3) is 0.667. The molecule has 0 saturated heterocycles. The van der Waals surface area contributed by atoms with Crippen LogP contribution < -0.4 is 0 Å². The van der Waals surface area contributed by atoms with Gasteiger partial charge in [0, 0.05) is 11.7 Å². The molecule has 1 aromatic heterocycles. The van der Waals surface area contributed by atoms with E-state index < -0.39 is 0 Å². The summed E-state index contributed by atoms with van der Waals surface area (Å²) >= 11 is 4.23. The second-order valence-electron chi connectivity index (χ2n) is 3.62. The summed E-state index contributed by atoms with van der Waals surface area (Å²) in [4.78, 5) is 0. The van der Waals surface area contributed by atoms with Crippen LogP contribution in [0.1, 0.15) is 45.3 Å². The highest BCUT2D eigenvalue weighted by atomic mass is 32.1. The third kappa shape index (κ3) is 1.83. The molecule has 0 N–H and O–H groups in total. The maximum Gasteiger partial charge on any atom is 0.115 e.